The lowest BCUT2D eigenvalue weighted by Gasteiger charge is -2.34. The van der Waals surface area contributed by atoms with Gasteiger partial charge in [0.2, 0.25) is 11.8 Å². The summed E-state index contributed by atoms with van der Waals surface area (Å²) in [7, 11) is 0. The largest absolute Gasteiger partial charge is 0.350 e. The number of anilines is 1. The number of hydrogen-bond donors (Lipinski definition) is 2. The zero-order valence-corrected chi connectivity index (χ0v) is 16.6. The molecule has 4 nitrogen and oxygen atoms in total. The van der Waals surface area contributed by atoms with Crippen molar-refractivity contribution in [1.82, 2.24) is 5.32 Å². The second kappa shape index (κ2) is 8.06. The van der Waals surface area contributed by atoms with E-state index in [0.717, 1.165) is 17.0 Å². The van der Waals surface area contributed by atoms with Crippen molar-refractivity contribution in [3.05, 3.63) is 24.3 Å². The van der Waals surface area contributed by atoms with Crippen molar-refractivity contribution in [3.8, 4) is 0 Å². The van der Waals surface area contributed by atoms with Gasteiger partial charge in [0.1, 0.15) is 0 Å². The molecule has 1 atom stereocenters. The van der Waals surface area contributed by atoms with Gasteiger partial charge in [0.05, 0.1) is 5.25 Å². The molecule has 1 unspecified atom stereocenters. The lowest BCUT2D eigenvalue weighted by molar-refractivity contribution is -0.122. The quantitative estimate of drug-likeness (QED) is 0.745. The molecule has 0 saturated heterocycles. The number of hydrogen-bond acceptors (Lipinski definition) is 3. The van der Waals surface area contributed by atoms with Crippen LogP contribution in [-0.4, -0.2) is 22.6 Å². The van der Waals surface area contributed by atoms with E-state index < -0.39 is 0 Å². The number of rotatable bonds is 6. The third-order valence-electron chi connectivity index (χ3n) is 3.29. The first-order valence-electron chi connectivity index (χ1n) is 8.24. The Bertz CT molecular complexity index is 574. The van der Waals surface area contributed by atoms with E-state index in [9.17, 15) is 9.59 Å². The maximum absolute atomic E-state index is 12.5. The molecular weight excluding hydrogens is 320 g/mol. The minimum absolute atomic E-state index is 0.0418. The molecule has 2 N–H and O–H groups in total. The number of carbonyl (C=O) groups is 2. The van der Waals surface area contributed by atoms with E-state index >= 15 is 0 Å². The summed E-state index contributed by atoms with van der Waals surface area (Å²) in [6.45, 7) is 14.1. The normalized spacial score (nSPS) is 13.3. The van der Waals surface area contributed by atoms with Gasteiger partial charge in [0, 0.05) is 23.0 Å². The second-order valence-electron chi connectivity index (χ2n) is 8.08. The maximum Gasteiger partial charge on any atom is 0.233 e. The number of carbonyl (C=O) groups excluding carboxylic acids is 2. The Morgan fingerprint density at radius 2 is 1.62 bits per heavy atom. The Labute approximate surface area is 150 Å². The van der Waals surface area contributed by atoms with Crippen LogP contribution in [0.15, 0.2) is 29.2 Å². The number of thioether (sulfide) groups is 1. The van der Waals surface area contributed by atoms with Gasteiger partial charge in [-0.3, -0.25) is 9.59 Å². The minimum Gasteiger partial charge on any atom is -0.350 e. The molecule has 0 fully saturated rings. The van der Waals surface area contributed by atoms with Gasteiger partial charge in [-0.25, -0.2) is 0 Å². The molecule has 2 amide bonds. The van der Waals surface area contributed by atoms with Crippen molar-refractivity contribution >= 4 is 29.3 Å². The summed E-state index contributed by atoms with van der Waals surface area (Å²) >= 11 is 1.51. The fraction of sp³-hybridized carbons (Fsp3) is 0.579. The zero-order valence-electron chi connectivity index (χ0n) is 15.8. The lowest BCUT2D eigenvalue weighted by Crippen LogP contribution is -2.48. The third kappa shape index (κ3) is 7.86. The van der Waals surface area contributed by atoms with Gasteiger partial charge in [-0.05, 0) is 56.9 Å². The molecule has 0 saturated carbocycles. The zero-order chi connectivity index (χ0) is 18.5. The summed E-state index contributed by atoms with van der Waals surface area (Å²) < 4.78 is 0. The van der Waals surface area contributed by atoms with Gasteiger partial charge < -0.3 is 10.6 Å². The molecule has 1 aromatic carbocycles. The van der Waals surface area contributed by atoms with E-state index in [1.165, 1.54) is 18.7 Å². The van der Waals surface area contributed by atoms with Crippen LogP contribution >= 0.6 is 11.8 Å². The molecule has 0 radical (unpaired) electrons. The summed E-state index contributed by atoms with van der Waals surface area (Å²) in [5, 5.41) is 5.70. The molecule has 1 aromatic rings. The predicted octanol–water partition coefficient (Wildman–Crippen LogP) is 4.46. The predicted molar refractivity (Wildman–Crippen MR) is 102 cm³/mol. The van der Waals surface area contributed by atoms with E-state index in [1.54, 1.807) is 0 Å². The van der Waals surface area contributed by atoms with Crippen LogP contribution in [0.1, 0.15) is 54.9 Å². The van der Waals surface area contributed by atoms with E-state index in [-0.39, 0.29) is 28.0 Å². The van der Waals surface area contributed by atoms with Crippen LogP contribution in [0, 0.1) is 5.41 Å². The van der Waals surface area contributed by atoms with Crippen molar-refractivity contribution < 1.29 is 9.59 Å². The molecular formula is C19H30N2O2S. The molecule has 24 heavy (non-hydrogen) atoms. The maximum atomic E-state index is 12.5. The second-order valence-corrected chi connectivity index (χ2v) is 9.49. The lowest BCUT2D eigenvalue weighted by atomic mass is 9.82. The Morgan fingerprint density at radius 3 is 2.08 bits per heavy atom. The first-order chi connectivity index (χ1) is 10.9. The van der Waals surface area contributed by atoms with Crippen molar-refractivity contribution in [1.29, 1.82) is 0 Å². The highest BCUT2D eigenvalue weighted by Gasteiger charge is 2.28. The molecule has 1 rings (SSSR count). The van der Waals surface area contributed by atoms with Gasteiger partial charge in [-0.15, -0.1) is 11.8 Å². The average molecular weight is 351 g/mol. The topological polar surface area (TPSA) is 58.2 Å². The van der Waals surface area contributed by atoms with E-state index in [0.29, 0.717) is 0 Å². The standard InChI is InChI=1S/C19H30N2O2S/c1-13(17(23)21-19(6,7)12-18(3,4)5)24-16-10-8-15(9-11-16)20-14(2)22/h8-11,13H,12H2,1-7H3,(H,20,22)(H,21,23). The highest BCUT2D eigenvalue weighted by Crippen LogP contribution is 2.29. The van der Waals surface area contributed by atoms with E-state index in [2.05, 4.69) is 45.3 Å². The number of benzene rings is 1. The first kappa shape index (κ1) is 20.6. The molecule has 0 aliphatic heterocycles. The van der Waals surface area contributed by atoms with Gasteiger partial charge >= 0.3 is 0 Å². The molecule has 5 heteroatoms. The van der Waals surface area contributed by atoms with Crippen LogP contribution in [0.5, 0.6) is 0 Å². The fourth-order valence-electron chi connectivity index (χ4n) is 2.88. The Morgan fingerprint density at radius 1 is 1.08 bits per heavy atom. The van der Waals surface area contributed by atoms with Gasteiger partial charge in [-0.1, -0.05) is 20.8 Å². The molecule has 0 heterocycles. The van der Waals surface area contributed by atoms with Crippen molar-refractivity contribution in [2.75, 3.05) is 5.32 Å². The molecule has 0 aliphatic rings. The van der Waals surface area contributed by atoms with Crippen molar-refractivity contribution in [2.24, 2.45) is 5.41 Å². The smallest absolute Gasteiger partial charge is 0.233 e. The van der Waals surface area contributed by atoms with Crippen LogP contribution in [0.4, 0.5) is 5.69 Å². The summed E-state index contributed by atoms with van der Waals surface area (Å²) in [6.07, 6.45) is 0.911. The van der Waals surface area contributed by atoms with Crippen LogP contribution in [0.25, 0.3) is 0 Å². The summed E-state index contributed by atoms with van der Waals surface area (Å²) in [5.74, 6) is -0.0515. The van der Waals surface area contributed by atoms with Gasteiger partial charge in [0.15, 0.2) is 0 Å². The van der Waals surface area contributed by atoms with Crippen molar-refractivity contribution in [2.45, 2.75) is 70.6 Å². The SMILES string of the molecule is CC(=O)Nc1ccc(SC(C)C(=O)NC(C)(C)CC(C)(C)C)cc1. The molecule has 0 bridgehead atoms. The first-order valence-corrected chi connectivity index (χ1v) is 9.12. The summed E-state index contributed by atoms with van der Waals surface area (Å²) in [5.41, 5.74) is 0.682. The Balaban J connectivity index is 2.62. The van der Waals surface area contributed by atoms with E-state index in [4.69, 9.17) is 0 Å². The molecule has 0 aliphatic carbocycles. The number of nitrogens with one attached hydrogen (secondary N) is 2. The Kier molecular flexibility index (Phi) is 6.90. The van der Waals surface area contributed by atoms with Crippen LogP contribution < -0.4 is 10.6 Å². The monoisotopic (exact) mass is 350 g/mol. The molecule has 134 valence electrons. The fourth-order valence-corrected chi connectivity index (χ4v) is 3.75. The van der Waals surface area contributed by atoms with Crippen LogP contribution in [-0.2, 0) is 9.59 Å². The average Bonchev–Trinajstić information content (AvgIpc) is 2.36. The molecule has 0 spiro atoms. The van der Waals surface area contributed by atoms with Crippen LogP contribution in [0.2, 0.25) is 0 Å². The van der Waals surface area contributed by atoms with Crippen molar-refractivity contribution in [3.63, 3.8) is 0 Å². The highest BCUT2D eigenvalue weighted by molar-refractivity contribution is 8.00. The third-order valence-corrected chi connectivity index (χ3v) is 4.40. The summed E-state index contributed by atoms with van der Waals surface area (Å²) in [6, 6.07) is 7.52. The number of amides is 2. The summed E-state index contributed by atoms with van der Waals surface area (Å²) in [4.78, 5) is 24.5. The van der Waals surface area contributed by atoms with Gasteiger partial charge in [-0.2, -0.15) is 0 Å². The van der Waals surface area contributed by atoms with Gasteiger partial charge in [0.25, 0.3) is 0 Å². The van der Waals surface area contributed by atoms with E-state index in [1.807, 2.05) is 31.2 Å². The Hall–Kier alpha value is -1.49. The minimum atomic E-state index is -0.237. The highest BCUT2D eigenvalue weighted by atomic mass is 32.2. The molecule has 0 aromatic heterocycles. The van der Waals surface area contributed by atoms with Crippen LogP contribution in [0.3, 0.4) is 0 Å².